The normalized spacial score (nSPS) is 10.3. The van der Waals surface area contributed by atoms with E-state index >= 15 is 0 Å². The van der Waals surface area contributed by atoms with Crippen molar-refractivity contribution < 1.29 is 0 Å². The monoisotopic (exact) mass is 257 g/mol. The highest BCUT2D eigenvalue weighted by atomic mass is 35.5. The third-order valence-electron chi connectivity index (χ3n) is 1.54. The summed E-state index contributed by atoms with van der Waals surface area (Å²) in [5.74, 6) is 0. The second kappa shape index (κ2) is 4.79. The summed E-state index contributed by atoms with van der Waals surface area (Å²) >= 11 is 13.1. The lowest BCUT2D eigenvalue weighted by Crippen LogP contribution is -1.86. The molecule has 0 N–H and O–H groups in total. The molecular formula is C9H5Cl2N3S. The molecule has 0 amide bonds. The Bertz CT molecular complexity index is 435. The maximum Gasteiger partial charge on any atom is 0.161 e. The van der Waals surface area contributed by atoms with Crippen molar-refractivity contribution in [2.24, 2.45) is 0 Å². The van der Waals surface area contributed by atoms with Gasteiger partial charge in [-0.15, -0.1) is 0 Å². The summed E-state index contributed by atoms with van der Waals surface area (Å²) in [7, 11) is 0. The smallest absolute Gasteiger partial charge is 0.161 e. The molecule has 0 atom stereocenters. The number of nitrogens with zero attached hydrogens (tertiary/aromatic N) is 3. The first-order chi connectivity index (χ1) is 7.27. The summed E-state index contributed by atoms with van der Waals surface area (Å²) in [6, 6.07) is 3.53. The van der Waals surface area contributed by atoms with Crippen molar-refractivity contribution in [3.63, 3.8) is 0 Å². The number of aromatic nitrogens is 3. The fourth-order valence-electron chi connectivity index (χ4n) is 0.915. The van der Waals surface area contributed by atoms with E-state index in [-0.39, 0.29) is 0 Å². The van der Waals surface area contributed by atoms with Gasteiger partial charge in [-0.3, -0.25) is 0 Å². The van der Waals surface area contributed by atoms with Gasteiger partial charge < -0.3 is 0 Å². The minimum atomic E-state index is 0.351. The van der Waals surface area contributed by atoms with Gasteiger partial charge in [-0.25, -0.2) is 15.0 Å². The molecule has 0 saturated carbocycles. The predicted molar refractivity (Wildman–Crippen MR) is 60.4 cm³/mol. The van der Waals surface area contributed by atoms with Gasteiger partial charge in [0.05, 0.1) is 5.02 Å². The summed E-state index contributed by atoms with van der Waals surface area (Å²) in [5.41, 5.74) is 0. The van der Waals surface area contributed by atoms with Crippen LogP contribution in [0, 0.1) is 0 Å². The molecule has 2 aromatic heterocycles. The molecule has 76 valence electrons. The quantitative estimate of drug-likeness (QED) is 0.828. The molecular weight excluding hydrogens is 253 g/mol. The Morgan fingerprint density at radius 2 is 1.67 bits per heavy atom. The van der Waals surface area contributed by atoms with Crippen molar-refractivity contribution in [1.29, 1.82) is 0 Å². The average molecular weight is 258 g/mol. The van der Waals surface area contributed by atoms with Gasteiger partial charge in [-0.1, -0.05) is 23.2 Å². The van der Waals surface area contributed by atoms with E-state index in [4.69, 9.17) is 23.2 Å². The van der Waals surface area contributed by atoms with Crippen LogP contribution in [0.4, 0.5) is 0 Å². The van der Waals surface area contributed by atoms with E-state index in [1.165, 1.54) is 18.0 Å². The zero-order chi connectivity index (χ0) is 10.7. The predicted octanol–water partition coefficient (Wildman–Crippen LogP) is 3.33. The molecule has 0 aliphatic rings. The lowest BCUT2D eigenvalue weighted by atomic mass is 10.5. The molecule has 0 unspecified atom stereocenters. The Hall–Kier alpha value is -0.840. The van der Waals surface area contributed by atoms with Crippen molar-refractivity contribution in [3.05, 3.63) is 40.9 Å². The van der Waals surface area contributed by atoms with Crippen LogP contribution in [0.15, 0.2) is 40.8 Å². The fraction of sp³-hybridized carbons (Fsp3) is 0. The molecule has 3 nitrogen and oxygen atoms in total. The zero-order valence-electron chi connectivity index (χ0n) is 7.39. The molecule has 15 heavy (non-hydrogen) atoms. The number of rotatable bonds is 2. The largest absolute Gasteiger partial charge is 0.248 e. The minimum Gasteiger partial charge on any atom is -0.248 e. The number of hydrogen-bond donors (Lipinski definition) is 0. The molecule has 0 aliphatic heterocycles. The Labute approximate surface area is 101 Å². The van der Waals surface area contributed by atoms with Crippen molar-refractivity contribution in [3.8, 4) is 0 Å². The van der Waals surface area contributed by atoms with Gasteiger partial charge >= 0.3 is 0 Å². The molecule has 0 aliphatic carbocycles. The van der Waals surface area contributed by atoms with Gasteiger partial charge in [-0.2, -0.15) is 0 Å². The van der Waals surface area contributed by atoms with Crippen LogP contribution in [0.2, 0.25) is 10.2 Å². The van der Waals surface area contributed by atoms with Crippen molar-refractivity contribution in [2.75, 3.05) is 0 Å². The van der Waals surface area contributed by atoms with E-state index < -0.39 is 0 Å². The second-order valence-electron chi connectivity index (χ2n) is 2.54. The van der Waals surface area contributed by atoms with Gasteiger partial charge in [-0.05, 0) is 23.9 Å². The van der Waals surface area contributed by atoms with Gasteiger partial charge in [0.25, 0.3) is 0 Å². The van der Waals surface area contributed by atoms with E-state index in [0.29, 0.717) is 20.2 Å². The number of pyridine rings is 1. The summed E-state index contributed by atoms with van der Waals surface area (Å²) < 4.78 is 0. The lowest BCUT2D eigenvalue weighted by Gasteiger charge is -2.02. The molecule has 0 bridgehead atoms. The first kappa shape index (κ1) is 10.7. The van der Waals surface area contributed by atoms with Crippen molar-refractivity contribution in [1.82, 2.24) is 15.0 Å². The highest BCUT2D eigenvalue weighted by molar-refractivity contribution is 7.99. The molecule has 0 radical (unpaired) electrons. The highest BCUT2D eigenvalue weighted by Crippen LogP contribution is 2.32. The fourth-order valence-corrected chi connectivity index (χ4v) is 2.09. The van der Waals surface area contributed by atoms with Crippen molar-refractivity contribution in [2.45, 2.75) is 10.1 Å². The molecule has 2 rings (SSSR count). The molecule has 0 spiro atoms. The molecule has 2 heterocycles. The van der Waals surface area contributed by atoms with E-state index in [1.54, 1.807) is 24.5 Å². The number of halogens is 2. The molecule has 0 fully saturated rings. The van der Waals surface area contributed by atoms with Crippen LogP contribution in [0.1, 0.15) is 0 Å². The zero-order valence-corrected chi connectivity index (χ0v) is 9.72. The Morgan fingerprint density at radius 1 is 0.933 bits per heavy atom. The van der Waals surface area contributed by atoms with Crippen molar-refractivity contribution >= 4 is 35.0 Å². The molecule has 6 heteroatoms. The molecule has 2 aromatic rings. The number of hydrogen-bond acceptors (Lipinski definition) is 4. The van der Waals surface area contributed by atoms with Crippen LogP contribution in [0.3, 0.4) is 0 Å². The summed E-state index contributed by atoms with van der Waals surface area (Å²) in [5, 5.41) is 2.19. The highest BCUT2D eigenvalue weighted by Gasteiger charge is 2.08. The van der Waals surface area contributed by atoms with Crippen LogP contribution >= 0.6 is 35.0 Å². The van der Waals surface area contributed by atoms with Gasteiger partial charge in [0.2, 0.25) is 0 Å². The lowest BCUT2D eigenvalue weighted by molar-refractivity contribution is 1.04. The van der Waals surface area contributed by atoms with Gasteiger partial charge in [0, 0.05) is 18.6 Å². The average Bonchev–Trinajstić information content (AvgIpc) is 2.24. The minimum absolute atomic E-state index is 0.351. The van der Waals surface area contributed by atoms with E-state index in [9.17, 15) is 0 Å². The molecule has 0 saturated heterocycles. The maximum atomic E-state index is 5.95. The molecule has 0 aromatic carbocycles. The first-order valence-corrected chi connectivity index (χ1v) is 5.59. The van der Waals surface area contributed by atoms with E-state index in [1.807, 2.05) is 0 Å². The first-order valence-electron chi connectivity index (χ1n) is 4.02. The summed E-state index contributed by atoms with van der Waals surface area (Å²) in [6.07, 6.45) is 4.77. The van der Waals surface area contributed by atoms with Crippen LogP contribution in [0.5, 0.6) is 0 Å². The van der Waals surface area contributed by atoms with E-state index in [2.05, 4.69) is 15.0 Å². The SMILES string of the molecule is Clc1cccnc1Sc1nccnc1Cl. The maximum absolute atomic E-state index is 5.95. The van der Waals surface area contributed by atoms with Gasteiger partial charge in [0.1, 0.15) is 10.1 Å². The van der Waals surface area contributed by atoms with Crippen LogP contribution in [0.25, 0.3) is 0 Å². The summed E-state index contributed by atoms with van der Waals surface area (Å²) in [4.78, 5) is 12.1. The standard InChI is InChI=1S/C9H5Cl2N3S/c10-6-2-1-3-13-8(6)15-9-7(11)12-4-5-14-9/h1-5H. The van der Waals surface area contributed by atoms with Crippen LogP contribution in [-0.4, -0.2) is 15.0 Å². The van der Waals surface area contributed by atoms with E-state index in [0.717, 1.165) is 0 Å². The van der Waals surface area contributed by atoms with Crippen LogP contribution < -0.4 is 0 Å². The Balaban J connectivity index is 2.30. The van der Waals surface area contributed by atoms with Crippen LogP contribution in [-0.2, 0) is 0 Å². The van der Waals surface area contributed by atoms with Gasteiger partial charge in [0.15, 0.2) is 5.15 Å². The third-order valence-corrected chi connectivity index (χ3v) is 3.36. The summed E-state index contributed by atoms with van der Waals surface area (Å²) in [6.45, 7) is 0. The second-order valence-corrected chi connectivity index (χ2v) is 4.29. The Morgan fingerprint density at radius 3 is 2.40 bits per heavy atom. The third kappa shape index (κ3) is 2.59. The Kier molecular flexibility index (Phi) is 3.41. The topological polar surface area (TPSA) is 38.7 Å².